The number of hydrogen-bond donors (Lipinski definition) is 1. The zero-order chi connectivity index (χ0) is 21.0. The molecule has 0 saturated carbocycles. The number of carbonyl (C=O) groups is 1. The number of halogens is 2. The van der Waals surface area contributed by atoms with E-state index in [0.717, 1.165) is 5.56 Å². The van der Waals surface area contributed by atoms with Crippen LogP contribution in [-0.2, 0) is 11.8 Å². The van der Waals surface area contributed by atoms with Crippen LogP contribution in [0, 0.1) is 0 Å². The molecule has 152 valence electrons. The third-order valence-corrected chi connectivity index (χ3v) is 5.77. The Morgan fingerprint density at radius 2 is 1.83 bits per heavy atom. The molecule has 0 atom stereocenters. The van der Waals surface area contributed by atoms with Gasteiger partial charge in [-0.3, -0.25) is 4.79 Å². The van der Waals surface area contributed by atoms with Gasteiger partial charge in [0.15, 0.2) is 22.5 Å². The fraction of sp³-hybridized carbons (Fsp3) is 0.211. The van der Waals surface area contributed by atoms with Gasteiger partial charge in [-0.05, 0) is 36.4 Å². The van der Waals surface area contributed by atoms with Crippen molar-refractivity contribution < 1.29 is 14.3 Å². The van der Waals surface area contributed by atoms with Crippen molar-refractivity contribution in [1.29, 1.82) is 0 Å². The maximum atomic E-state index is 12.2. The van der Waals surface area contributed by atoms with Gasteiger partial charge in [0.1, 0.15) is 0 Å². The summed E-state index contributed by atoms with van der Waals surface area (Å²) in [4.78, 5) is 12.2. The molecule has 0 fully saturated rings. The van der Waals surface area contributed by atoms with Crippen LogP contribution in [0.4, 0.5) is 5.69 Å². The fourth-order valence-electron chi connectivity index (χ4n) is 2.57. The van der Waals surface area contributed by atoms with Gasteiger partial charge in [0.25, 0.3) is 0 Å². The van der Waals surface area contributed by atoms with Gasteiger partial charge >= 0.3 is 0 Å². The van der Waals surface area contributed by atoms with Gasteiger partial charge in [0.2, 0.25) is 5.91 Å². The molecule has 3 aromatic rings. The van der Waals surface area contributed by atoms with Gasteiger partial charge in [0.05, 0.1) is 30.0 Å². The van der Waals surface area contributed by atoms with Crippen LogP contribution in [0.3, 0.4) is 0 Å². The highest BCUT2D eigenvalue weighted by Crippen LogP contribution is 2.32. The zero-order valence-corrected chi connectivity index (χ0v) is 18.2. The van der Waals surface area contributed by atoms with Crippen molar-refractivity contribution in [2.75, 3.05) is 25.3 Å². The predicted molar refractivity (Wildman–Crippen MR) is 115 cm³/mol. The molecular weight excluding hydrogens is 435 g/mol. The van der Waals surface area contributed by atoms with Gasteiger partial charge in [-0.2, -0.15) is 0 Å². The number of anilines is 1. The number of thioether (sulfide) groups is 1. The normalized spacial score (nSPS) is 10.7. The molecule has 29 heavy (non-hydrogen) atoms. The Morgan fingerprint density at radius 1 is 1.07 bits per heavy atom. The van der Waals surface area contributed by atoms with E-state index in [1.165, 1.54) is 11.8 Å². The van der Waals surface area contributed by atoms with Gasteiger partial charge in [-0.15, -0.1) is 10.2 Å². The van der Waals surface area contributed by atoms with Crippen LogP contribution in [0.2, 0.25) is 10.0 Å². The average Bonchev–Trinajstić information content (AvgIpc) is 3.09. The first-order chi connectivity index (χ1) is 13.9. The number of ether oxygens (including phenoxy) is 2. The molecule has 0 aliphatic heterocycles. The van der Waals surface area contributed by atoms with E-state index < -0.39 is 0 Å². The maximum absolute atomic E-state index is 12.2. The number of methoxy groups -OCH3 is 2. The van der Waals surface area contributed by atoms with Crippen molar-refractivity contribution in [3.8, 4) is 22.9 Å². The second-order valence-electron chi connectivity index (χ2n) is 5.90. The largest absolute Gasteiger partial charge is 0.493 e. The lowest BCUT2D eigenvalue weighted by atomic mass is 10.2. The summed E-state index contributed by atoms with van der Waals surface area (Å²) in [7, 11) is 4.99. The summed E-state index contributed by atoms with van der Waals surface area (Å²) in [6.45, 7) is 0. The molecular formula is C19H18Cl2N4O3S. The smallest absolute Gasteiger partial charge is 0.234 e. The molecule has 2 aromatic carbocycles. The van der Waals surface area contributed by atoms with E-state index >= 15 is 0 Å². The quantitative estimate of drug-likeness (QED) is 0.530. The summed E-state index contributed by atoms with van der Waals surface area (Å²) in [6, 6.07) is 10.4. The van der Waals surface area contributed by atoms with E-state index in [0.29, 0.717) is 38.2 Å². The van der Waals surface area contributed by atoms with E-state index in [9.17, 15) is 4.79 Å². The summed E-state index contributed by atoms with van der Waals surface area (Å²) in [5.41, 5.74) is 1.40. The maximum Gasteiger partial charge on any atom is 0.234 e. The number of nitrogens with zero attached hydrogens (tertiary/aromatic N) is 3. The molecule has 1 aromatic heterocycles. The SMILES string of the molecule is COc1ccc(-c2nnc(SCC(=O)Nc3ccc(Cl)c(Cl)c3)n2C)cc1OC. The number of benzene rings is 2. The standard InChI is InChI=1S/C19H18Cl2N4O3S/c1-25-18(11-4-7-15(27-2)16(8-11)28-3)23-24-19(25)29-10-17(26)22-12-5-6-13(20)14(21)9-12/h4-9H,10H2,1-3H3,(H,22,26). The Hall–Kier alpha value is -2.42. The molecule has 7 nitrogen and oxygen atoms in total. The second kappa shape index (κ2) is 9.39. The van der Waals surface area contributed by atoms with Crippen molar-refractivity contribution in [2.24, 2.45) is 7.05 Å². The lowest BCUT2D eigenvalue weighted by molar-refractivity contribution is -0.113. The third kappa shape index (κ3) is 4.95. The van der Waals surface area contributed by atoms with E-state index in [1.54, 1.807) is 38.5 Å². The first kappa shape index (κ1) is 21.3. The Bertz CT molecular complexity index is 1040. The lowest BCUT2D eigenvalue weighted by Gasteiger charge is -2.09. The minimum atomic E-state index is -0.191. The van der Waals surface area contributed by atoms with Gasteiger partial charge in [-0.1, -0.05) is 35.0 Å². The first-order valence-corrected chi connectivity index (χ1v) is 10.2. The van der Waals surface area contributed by atoms with E-state index in [-0.39, 0.29) is 11.7 Å². The molecule has 3 rings (SSSR count). The molecule has 0 aliphatic rings. The lowest BCUT2D eigenvalue weighted by Crippen LogP contribution is -2.14. The van der Waals surface area contributed by atoms with E-state index in [4.69, 9.17) is 32.7 Å². The first-order valence-electron chi connectivity index (χ1n) is 8.42. The van der Waals surface area contributed by atoms with Crippen molar-refractivity contribution in [3.05, 3.63) is 46.4 Å². The number of carbonyl (C=O) groups excluding carboxylic acids is 1. The Kier molecular flexibility index (Phi) is 6.89. The van der Waals surface area contributed by atoms with Crippen LogP contribution >= 0.6 is 35.0 Å². The van der Waals surface area contributed by atoms with Crippen LogP contribution in [0.15, 0.2) is 41.6 Å². The average molecular weight is 453 g/mol. The van der Waals surface area contributed by atoms with Crippen molar-refractivity contribution >= 4 is 46.6 Å². The fourth-order valence-corrected chi connectivity index (χ4v) is 3.58. The van der Waals surface area contributed by atoms with Crippen LogP contribution in [0.1, 0.15) is 0 Å². The second-order valence-corrected chi connectivity index (χ2v) is 7.66. The molecule has 0 spiro atoms. The molecule has 0 bridgehead atoms. The molecule has 10 heteroatoms. The summed E-state index contributed by atoms with van der Waals surface area (Å²) in [6.07, 6.45) is 0. The number of nitrogens with one attached hydrogen (secondary N) is 1. The van der Waals surface area contributed by atoms with Crippen molar-refractivity contribution in [2.45, 2.75) is 5.16 Å². The number of hydrogen-bond acceptors (Lipinski definition) is 6. The number of amides is 1. The van der Waals surface area contributed by atoms with Crippen LogP contribution in [0.5, 0.6) is 11.5 Å². The summed E-state index contributed by atoms with van der Waals surface area (Å²) in [5.74, 6) is 1.86. The highest BCUT2D eigenvalue weighted by atomic mass is 35.5. The monoisotopic (exact) mass is 452 g/mol. The van der Waals surface area contributed by atoms with Gasteiger partial charge in [-0.25, -0.2) is 0 Å². The highest BCUT2D eigenvalue weighted by Gasteiger charge is 2.15. The van der Waals surface area contributed by atoms with Crippen LogP contribution in [-0.4, -0.2) is 40.6 Å². The molecule has 1 N–H and O–H groups in total. The summed E-state index contributed by atoms with van der Waals surface area (Å²) in [5, 5.41) is 12.6. The van der Waals surface area contributed by atoms with Crippen molar-refractivity contribution in [3.63, 3.8) is 0 Å². The van der Waals surface area contributed by atoms with Gasteiger partial charge < -0.3 is 19.4 Å². The van der Waals surface area contributed by atoms with Crippen LogP contribution in [0.25, 0.3) is 11.4 Å². The molecule has 0 saturated heterocycles. The topological polar surface area (TPSA) is 78.3 Å². The number of aromatic nitrogens is 3. The minimum absolute atomic E-state index is 0.165. The Labute approximate surface area is 182 Å². The molecule has 0 radical (unpaired) electrons. The highest BCUT2D eigenvalue weighted by molar-refractivity contribution is 7.99. The van der Waals surface area contributed by atoms with Gasteiger partial charge in [0, 0.05) is 18.3 Å². The Balaban J connectivity index is 1.68. The predicted octanol–water partition coefficient (Wildman–Crippen LogP) is 4.54. The summed E-state index contributed by atoms with van der Waals surface area (Å²) >= 11 is 13.1. The Morgan fingerprint density at radius 3 is 2.52 bits per heavy atom. The third-order valence-electron chi connectivity index (χ3n) is 4.01. The van der Waals surface area contributed by atoms with Crippen LogP contribution < -0.4 is 14.8 Å². The molecule has 0 unspecified atom stereocenters. The molecule has 1 amide bonds. The number of rotatable bonds is 7. The minimum Gasteiger partial charge on any atom is -0.493 e. The van der Waals surface area contributed by atoms with E-state index in [1.807, 2.05) is 23.7 Å². The van der Waals surface area contributed by atoms with E-state index in [2.05, 4.69) is 15.5 Å². The molecule has 1 heterocycles. The zero-order valence-electron chi connectivity index (χ0n) is 15.9. The molecule has 0 aliphatic carbocycles. The van der Waals surface area contributed by atoms with Crippen molar-refractivity contribution in [1.82, 2.24) is 14.8 Å². The summed E-state index contributed by atoms with van der Waals surface area (Å²) < 4.78 is 12.4.